The topological polar surface area (TPSA) is 122 Å². The minimum Gasteiger partial charge on any atom is -0.345 e. The average Bonchev–Trinajstić information content (AvgIpc) is 3.69. The zero-order valence-corrected chi connectivity index (χ0v) is 28.8. The fraction of sp³-hybridized carbons (Fsp3) is 0.184. The molecule has 1 N–H and O–H groups in total. The molecule has 7 rings (SSSR count). The highest BCUT2D eigenvalue weighted by Crippen LogP contribution is 2.39. The monoisotopic (exact) mass is 697 g/mol. The van der Waals surface area contributed by atoms with Gasteiger partial charge >= 0.3 is 0 Å². The van der Waals surface area contributed by atoms with E-state index < -0.39 is 6.04 Å². The number of benzene rings is 2. The number of halogens is 1. The Bertz CT molecular complexity index is 2320. The highest BCUT2D eigenvalue weighted by molar-refractivity contribution is 7.15. The molecule has 0 saturated carbocycles. The van der Waals surface area contributed by atoms with Crippen LogP contribution in [-0.2, 0) is 4.79 Å². The number of imide groups is 1. The Labute approximate surface area is 297 Å². The third-order valence-electron chi connectivity index (χ3n) is 8.44. The molecule has 0 spiro atoms. The van der Waals surface area contributed by atoms with Gasteiger partial charge in [0.1, 0.15) is 22.6 Å². The maximum Gasteiger partial charge on any atom is 0.262 e. The minimum absolute atomic E-state index is 0.0195. The molecular formula is C38H28ClN7O3S. The van der Waals surface area contributed by atoms with Crippen molar-refractivity contribution in [1.82, 2.24) is 30.0 Å². The van der Waals surface area contributed by atoms with E-state index in [0.29, 0.717) is 33.2 Å². The maximum atomic E-state index is 13.2. The third kappa shape index (κ3) is 6.21. The van der Waals surface area contributed by atoms with Crippen molar-refractivity contribution in [2.24, 2.45) is 4.99 Å². The van der Waals surface area contributed by atoms with Gasteiger partial charge in [0.15, 0.2) is 5.82 Å². The lowest BCUT2D eigenvalue weighted by atomic mass is 9.99. The van der Waals surface area contributed by atoms with Gasteiger partial charge in [0.2, 0.25) is 5.91 Å². The lowest BCUT2D eigenvalue weighted by molar-refractivity contribution is -0.121. The first kappa shape index (κ1) is 32.7. The second kappa shape index (κ2) is 13.6. The van der Waals surface area contributed by atoms with Gasteiger partial charge in [0.25, 0.3) is 11.8 Å². The van der Waals surface area contributed by atoms with Crippen LogP contribution >= 0.6 is 22.9 Å². The minimum atomic E-state index is -0.582. The van der Waals surface area contributed by atoms with Crippen LogP contribution < -0.4 is 5.32 Å². The van der Waals surface area contributed by atoms with Crippen molar-refractivity contribution in [2.45, 2.75) is 33.2 Å². The number of hydrogen-bond acceptors (Lipinski definition) is 8. The largest absolute Gasteiger partial charge is 0.345 e. The highest BCUT2D eigenvalue weighted by atomic mass is 35.5. The van der Waals surface area contributed by atoms with Crippen molar-refractivity contribution in [3.8, 4) is 28.7 Å². The Kier molecular flexibility index (Phi) is 8.85. The second-order valence-corrected chi connectivity index (χ2v) is 13.3. The number of carbonyl (C=O) groups excluding carboxylic acids is 3. The lowest BCUT2D eigenvalue weighted by Gasteiger charge is -2.12. The average molecular weight is 698 g/mol. The van der Waals surface area contributed by atoms with Crippen molar-refractivity contribution in [3.05, 3.63) is 127 Å². The van der Waals surface area contributed by atoms with Gasteiger partial charge in [-0.25, -0.2) is 4.98 Å². The van der Waals surface area contributed by atoms with Crippen LogP contribution in [0.5, 0.6) is 0 Å². The molecule has 10 nitrogen and oxygen atoms in total. The third-order valence-corrected chi connectivity index (χ3v) is 9.88. The van der Waals surface area contributed by atoms with Crippen molar-refractivity contribution in [1.29, 1.82) is 0 Å². The number of hydrogen-bond donors (Lipinski definition) is 1. The number of nitrogens with zero attached hydrogens (tertiary/aromatic N) is 6. The number of nitrogens with one attached hydrogen (secondary N) is 1. The fourth-order valence-corrected chi connectivity index (χ4v) is 7.14. The quantitative estimate of drug-likeness (QED) is 0.194. The van der Waals surface area contributed by atoms with Gasteiger partial charge in [-0.05, 0) is 68.7 Å². The number of rotatable bonds is 5. The zero-order valence-electron chi connectivity index (χ0n) is 27.2. The number of pyridine rings is 1. The van der Waals surface area contributed by atoms with E-state index >= 15 is 0 Å². The first-order valence-electron chi connectivity index (χ1n) is 15.7. The normalized spacial score (nSPS) is 14.4. The molecule has 2 aliphatic heterocycles. The summed E-state index contributed by atoms with van der Waals surface area (Å²) in [7, 11) is 0. The van der Waals surface area contributed by atoms with E-state index in [-0.39, 0.29) is 37.2 Å². The van der Waals surface area contributed by atoms with Crippen LogP contribution in [0.3, 0.4) is 0 Å². The summed E-state index contributed by atoms with van der Waals surface area (Å²) in [6.07, 6.45) is 1.62. The molecule has 246 valence electrons. The van der Waals surface area contributed by atoms with Gasteiger partial charge in [-0.3, -0.25) is 28.8 Å². The summed E-state index contributed by atoms with van der Waals surface area (Å²) < 4.78 is 2.01. The van der Waals surface area contributed by atoms with Crippen LogP contribution in [0, 0.1) is 44.5 Å². The van der Waals surface area contributed by atoms with Crippen LogP contribution in [0.2, 0.25) is 5.02 Å². The Hall–Kier alpha value is -5.88. The number of aryl methyl sites for hydroxylation is 2. The van der Waals surface area contributed by atoms with Crippen LogP contribution in [-0.4, -0.2) is 61.2 Å². The van der Waals surface area contributed by atoms with Crippen LogP contribution in [0.15, 0.2) is 71.9 Å². The molecule has 1 atom stereocenters. The van der Waals surface area contributed by atoms with Crippen LogP contribution in [0.1, 0.15) is 77.7 Å². The summed E-state index contributed by atoms with van der Waals surface area (Å²) in [6.45, 7) is 6.16. The molecule has 3 aromatic heterocycles. The Morgan fingerprint density at radius 3 is 2.38 bits per heavy atom. The second-order valence-electron chi connectivity index (χ2n) is 11.7. The molecule has 0 bridgehead atoms. The SMILES string of the molecule is Cc1sc2c(c1C)C(c1ccc(Cl)cc1)=N[C@@H](CC(=O)NCC#Cc1ccc(C#CCN3C(=O)c4ccccc4C3=O)cn1)c1nnc(C)n1-2. The standard InChI is InChI=1S/C38H28ClN7O3S/c1-22-23(2)50-38-33(22)34(26-13-15-27(39)16-14-26)42-31(35-44-43-24(3)46(35)38)20-32(47)40-18-6-9-28-17-12-25(21-41-28)8-7-19-45-36(48)29-10-4-5-11-30(29)37(45)49/h4-5,10-17,21,31H,18-20H2,1-3H3,(H,40,47)/t31-/m0/s1. The summed E-state index contributed by atoms with van der Waals surface area (Å²) in [6, 6.07) is 17.2. The Morgan fingerprint density at radius 1 is 0.940 bits per heavy atom. The predicted octanol–water partition coefficient (Wildman–Crippen LogP) is 5.40. The van der Waals surface area contributed by atoms with Crippen LogP contribution in [0.25, 0.3) is 5.00 Å². The maximum absolute atomic E-state index is 13.2. The number of carbonyl (C=O) groups is 3. The number of aromatic nitrogens is 4. The van der Waals surface area contributed by atoms with Gasteiger partial charge in [-0.1, -0.05) is 53.6 Å². The fourth-order valence-electron chi connectivity index (χ4n) is 5.80. The number of aliphatic imine (C=N–C) groups is 1. The van der Waals surface area contributed by atoms with E-state index in [9.17, 15) is 14.4 Å². The van der Waals surface area contributed by atoms with Gasteiger partial charge in [0, 0.05) is 32.8 Å². The van der Waals surface area contributed by atoms with E-state index in [1.54, 1.807) is 53.9 Å². The van der Waals surface area contributed by atoms with Crippen molar-refractivity contribution in [3.63, 3.8) is 0 Å². The van der Waals surface area contributed by atoms with Crippen LogP contribution in [0.4, 0.5) is 0 Å². The van der Waals surface area contributed by atoms with E-state index in [4.69, 9.17) is 16.6 Å². The molecule has 50 heavy (non-hydrogen) atoms. The zero-order chi connectivity index (χ0) is 34.9. The molecule has 5 aromatic rings. The van der Waals surface area contributed by atoms with E-state index in [2.05, 4.69) is 58.0 Å². The lowest BCUT2D eigenvalue weighted by Crippen LogP contribution is -2.29. The summed E-state index contributed by atoms with van der Waals surface area (Å²) >= 11 is 7.86. The van der Waals surface area contributed by atoms with Gasteiger partial charge in [-0.15, -0.1) is 21.5 Å². The number of amides is 3. The summed E-state index contributed by atoms with van der Waals surface area (Å²) in [5, 5.41) is 13.3. The molecule has 12 heteroatoms. The molecule has 0 saturated heterocycles. The molecule has 0 radical (unpaired) electrons. The van der Waals surface area contributed by atoms with Gasteiger partial charge < -0.3 is 5.32 Å². The van der Waals surface area contributed by atoms with Crippen molar-refractivity contribution in [2.75, 3.05) is 13.1 Å². The predicted molar refractivity (Wildman–Crippen MR) is 191 cm³/mol. The molecule has 0 fully saturated rings. The molecule has 0 aliphatic carbocycles. The molecule has 2 aromatic carbocycles. The van der Waals surface area contributed by atoms with E-state index in [0.717, 1.165) is 38.1 Å². The van der Waals surface area contributed by atoms with Gasteiger partial charge in [-0.2, -0.15) is 0 Å². The van der Waals surface area contributed by atoms with Gasteiger partial charge in [0.05, 0.1) is 36.3 Å². The molecule has 3 amide bonds. The molecule has 2 aliphatic rings. The molecule has 0 unspecified atom stereocenters. The molecular weight excluding hydrogens is 670 g/mol. The first-order valence-corrected chi connectivity index (χ1v) is 16.9. The van der Waals surface area contributed by atoms with Crippen molar-refractivity contribution >= 4 is 46.4 Å². The smallest absolute Gasteiger partial charge is 0.262 e. The summed E-state index contributed by atoms with van der Waals surface area (Å²) in [5.74, 6) is 12.1. The highest BCUT2D eigenvalue weighted by Gasteiger charge is 2.35. The van der Waals surface area contributed by atoms with Crippen molar-refractivity contribution < 1.29 is 14.4 Å². The summed E-state index contributed by atoms with van der Waals surface area (Å²) in [5.41, 5.74) is 5.71. The first-order chi connectivity index (χ1) is 24.2. The van der Waals surface area contributed by atoms with E-state index in [1.807, 2.05) is 35.8 Å². The number of thiophene rings is 1. The number of fused-ring (bicyclic) bond motifs is 4. The summed E-state index contributed by atoms with van der Waals surface area (Å²) in [4.78, 5) is 50.0. The van der Waals surface area contributed by atoms with E-state index in [1.165, 1.54) is 4.88 Å². The Balaban J connectivity index is 1.01. The Morgan fingerprint density at radius 2 is 1.68 bits per heavy atom. The molecule has 5 heterocycles.